The maximum Gasteiger partial charge on any atom is 0.224 e. The van der Waals surface area contributed by atoms with E-state index in [1.165, 1.54) is 11.1 Å². The van der Waals surface area contributed by atoms with Crippen molar-refractivity contribution >= 4 is 23.2 Å². The van der Waals surface area contributed by atoms with Crippen LogP contribution in [0.2, 0.25) is 5.28 Å². The molecule has 0 amide bonds. The third-order valence-electron chi connectivity index (χ3n) is 4.45. The lowest BCUT2D eigenvalue weighted by molar-refractivity contribution is -0.117. The van der Waals surface area contributed by atoms with Crippen LogP contribution in [0.15, 0.2) is 30.5 Å². The van der Waals surface area contributed by atoms with E-state index in [9.17, 15) is 9.18 Å². The zero-order valence-electron chi connectivity index (χ0n) is 13.7. The third-order valence-corrected chi connectivity index (χ3v) is 4.63. The second-order valence-corrected chi connectivity index (χ2v) is 6.72. The Morgan fingerprint density at radius 1 is 1.38 bits per heavy atom. The summed E-state index contributed by atoms with van der Waals surface area (Å²) in [6, 6.07) is 8.34. The van der Waals surface area contributed by atoms with Crippen LogP contribution >= 0.6 is 11.6 Å². The number of hydrogen-bond acceptors (Lipinski definition) is 4. The van der Waals surface area contributed by atoms with E-state index in [1.54, 1.807) is 6.92 Å². The molecular formula is C18H19ClFN3O. The summed E-state index contributed by atoms with van der Waals surface area (Å²) in [7, 11) is 0. The minimum Gasteiger partial charge on any atom is -0.353 e. The molecule has 1 aromatic carbocycles. The molecule has 1 aliphatic heterocycles. The summed E-state index contributed by atoms with van der Waals surface area (Å²) in [5, 5.41) is 0.0543. The smallest absolute Gasteiger partial charge is 0.224 e. The first kappa shape index (κ1) is 16.8. The SMILES string of the molecule is CC(=O)C[C@@H](C)c1ccc(C2CN(c3nc(Cl)ncc3F)C2)cc1. The molecule has 24 heavy (non-hydrogen) atoms. The Kier molecular flexibility index (Phi) is 4.81. The van der Waals surface area contributed by atoms with Gasteiger partial charge in [-0.05, 0) is 35.6 Å². The van der Waals surface area contributed by atoms with E-state index >= 15 is 0 Å². The Balaban J connectivity index is 1.63. The molecule has 0 aliphatic carbocycles. The Labute approximate surface area is 145 Å². The van der Waals surface area contributed by atoms with Crippen LogP contribution in [-0.4, -0.2) is 28.8 Å². The van der Waals surface area contributed by atoms with Crippen LogP contribution in [-0.2, 0) is 4.79 Å². The monoisotopic (exact) mass is 347 g/mol. The quantitative estimate of drug-likeness (QED) is 0.768. The van der Waals surface area contributed by atoms with Gasteiger partial charge in [-0.1, -0.05) is 31.2 Å². The highest BCUT2D eigenvalue weighted by atomic mass is 35.5. The molecule has 3 rings (SSSR count). The second-order valence-electron chi connectivity index (χ2n) is 6.39. The topological polar surface area (TPSA) is 46.1 Å². The number of nitrogens with zero attached hydrogens (tertiary/aromatic N) is 3. The summed E-state index contributed by atoms with van der Waals surface area (Å²) in [6.45, 7) is 5.08. The average Bonchev–Trinajstić information content (AvgIpc) is 2.49. The Hall–Kier alpha value is -2.01. The molecule has 0 unspecified atom stereocenters. The van der Waals surface area contributed by atoms with Gasteiger partial charge in [0, 0.05) is 25.4 Å². The largest absolute Gasteiger partial charge is 0.353 e. The van der Waals surface area contributed by atoms with Crippen molar-refractivity contribution in [2.24, 2.45) is 0 Å². The van der Waals surface area contributed by atoms with Gasteiger partial charge >= 0.3 is 0 Å². The lowest BCUT2D eigenvalue weighted by atomic mass is 9.88. The van der Waals surface area contributed by atoms with Crippen molar-refractivity contribution in [2.45, 2.75) is 32.1 Å². The van der Waals surface area contributed by atoms with Crippen LogP contribution in [0.3, 0.4) is 0 Å². The van der Waals surface area contributed by atoms with E-state index in [1.807, 2.05) is 4.90 Å². The van der Waals surface area contributed by atoms with Gasteiger partial charge in [0.2, 0.25) is 5.28 Å². The van der Waals surface area contributed by atoms with Gasteiger partial charge in [-0.2, -0.15) is 4.98 Å². The van der Waals surface area contributed by atoms with Gasteiger partial charge in [0.1, 0.15) is 5.78 Å². The van der Waals surface area contributed by atoms with E-state index in [0.29, 0.717) is 25.4 Å². The van der Waals surface area contributed by atoms with Gasteiger partial charge in [0.15, 0.2) is 11.6 Å². The summed E-state index contributed by atoms with van der Waals surface area (Å²) >= 11 is 5.74. The number of carbonyl (C=O) groups is 1. The number of halogens is 2. The lowest BCUT2D eigenvalue weighted by Crippen LogP contribution is -2.46. The van der Waals surface area contributed by atoms with Gasteiger partial charge < -0.3 is 9.69 Å². The number of hydrogen-bond donors (Lipinski definition) is 0. The molecular weight excluding hydrogens is 329 g/mol. The van der Waals surface area contributed by atoms with Crippen LogP contribution < -0.4 is 4.90 Å². The predicted molar refractivity (Wildman–Crippen MR) is 92.1 cm³/mol. The van der Waals surface area contributed by atoms with E-state index in [0.717, 1.165) is 6.20 Å². The molecule has 1 saturated heterocycles. The first-order chi connectivity index (χ1) is 11.4. The maximum atomic E-state index is 13.8. The molecule has 1 aromatic heterocycles. The molecule has 0 bridgehead atoms. The van der Waals surface area contributed by atoms with Crippen LogP contribution in [0.25, 0.3) is 0 Å². The van der Waals surface area contributed by atoms with E-state index in [2.05, 4.69) is 41.2 Å². The average molecular weight is 348 g/mol. The van der Waals surface area contributed by atoms with Gasteiger partial charge in [0.05, 0.1) is 6.20 Å². The molecule has 1 atom stereocenters. The van der Waals surface area contributed by atoms with Gasteiger partial charge in [-0.25, -0.2) is 9.37 Å². The number of rotatable bonds is 5. The van der Waals surface area contributed by atoms with Gasteiger partial charge in [0.25, 0.3) is 0 Å². The van der Waals surface area contributed by atoms with Crippen molar-refractivity contribution < 1.29 is 9.18 Å². The highest BCUT2D eigenvalue weighted by Crippen LogP contribution is 2.33. The molecule has 0 spiro atoms. The molecule has 2 heterocycles. The van der Waals surface area contributed by atoms with Crippen LogP contribution in [0.4, 0.5) is 10.2 Å². The Morgan fingerprint density at radius 2 is 2.04 bits per heavy atom. The summed E-state index contributed by atoms with van der Waals surface area (Å²) in [4.78, 5) is 20.7. The third kappa shape index (κ3) is 3.56. The van der Waals surface area contributed by atoms with Gasteiger partial charge in [-0.3, -0.25) is 0 Å². The minimum atomic E-state index is -0.453. The highest BCUT2D eigenvalue weighted by molar-refractivity contribution is 6.28. The molecule has 0 saturated carbocycles. The second kappa shape index (κ2) is 6.85. The maximum absolute atomic E-state index is 13.8. The van der Waals surface area contributed by atoms with Crippen molar-refractivity contribution in [3.63, 3.8) is 0 Å². The molecule has 0 radical (unpaired) electrons. The van der Waals surface area contributed by atoms with Crippen LogP contribution in [0.5, 0.6) is 0 Å². The molecule has 2 aromatic rings. The Morgan fingerprint density at radius 3 is 2.67 bits per heavy atom. The number of benzene rings is 1. The fourth-order valence-electron chi connectivity index (χ4n) is 3.07. The minimum absolute atomic E-state index is 0.0543. The lowest BCUT2D eigenvalue weighted by Gasteiger charge is -2.40. The number of carbonyl (C=O) groups excluding carboxylic acids is 1. The summed E-state index contributed by atoms with van der Waals surface area (Å²) in [6.07, 6.45) is 1.66. The predicted octanol–water partition coefficient (Wildman–Crippen LogP) is 3.96. The standard InChI is InChI=1S/C18H19ClFN3O/c1-11(7-12(2)24)13-3-5-14(6-4-13)15-9-23(10-15)17-16(20)8-21-18(19)22-17/h3-6,8,11,15H,7,9-10H2,1-2H3/t11-/m1/s1. The van der Waals surface area contributed by atoms with Gasteiger partial charge in [-0.15, -0.1) is 0 Å². The Bertz CT molecular complexity index is 744. The van der Waals surface area contributed by atoms with E-state index < -0.39 is 5.82 Å². The van der Waals surface area contributed by atoms with E-state index in [-0.39, 0.29) is 22.8 Å². The first-order valence-corrected chi connectivity index (χ1v) is 8.34. The molecule has 0 N–H and O–H groups in total. The molecule has 6 heteroatoms. The zero-order chi connectivity index (χ0) is 17.3. The van der Waals surface area contributed by atoms with Crippen molar-refractivity contribution in [1.82, 2.24) is 9.97 Å². The van der Waals surface area contributed by atoms with Crippen molar-refractivity contribution in [1.29, 1.82) is 0 Å². The summed E-state index contributed by atoms with van der Waals surface area (Å²) < 4.78 is 13.8. The van der Waals surface area contributed by atoms with Crippen molar-refractivity contribution in [2.75, 3.05) is 18.0 Å². The normalized spacial score (nSPS) is 15.9. The molecule has 126 valence electrons. The molecule has 4 nitrogen and oxygen atoms in total. The highest BCUT2D eigenvalue weighted by Gasteiger charge is 2.31. The fourth-order valence-corrected chi connectivity index (χ4v) is 3.20. The molecule has 1 aliphatic rings. The number of anilines is 1. The van der Waals surface area contributed by atoms with Crippen molar-refractivity contribution in [3.8, 4) is 0 Å². The van der Waals surface area contributed by atoms with Crippen LogP contribution in [0.1, 0.15) is 43.2 Å². The van der Waals surface area contributed by atoms with Crippen molar-refractivity contribution in [3.05, 3.63) is 52.7 Å². The number of Topliss-reactive ketones (excluding diaryl/α,β-unsaturated/α-hetero) is 1. The summed E-state index contributed by atoms with van der Waals surface area (Å²) in [5.41, 5.74) is 2.38. The molecule has 1 fully saturated rings. The summed E-state index contributed by atoms with van der Waals surface area (Å²) in [5.74, 6) is 0.581. The zero-order valence-corrected chi connectivity index (χ0v) is 14.4. The number of ketones is 1. The fraction of sp³-hybridized carbons (Fsp3) is 0.389. The van der Waals surface area contributed by atoms with Crippen LogP contribution in [0, 0.1) is 5.82 Å². The number of aromatic nitrogens is 2. The first-order valence-electron chi connectivity index (χ1n) is 7.96. The van der Waals surface area contributed by atoms with E-state index in [4.69, 9.17) is 11.6 Å².